The van der Waals surface area contributed by atoms with Gasteiger partial charge in [-0.15, -0.1) is 5.10 Å². The molecule has 6 heteroatoms. The van der Waals surface area contributed by atoms with E-state index in [-0.39, 0.29) is 11.6 Å². The molecule has 2 aromatic rings. The van der Waals surface area contributed by atoms with Crippen LogP contribution in [0.1, 0.15) is 10.5 Å². The first-order valence-electron chi connectivity index (χ1n) is 4.46. The van der Waals surface area contributed by atoms with Crippen LogP contribution in [-0.2, 0) is 0 Å². The first-order valence-corrected chi connectivity index (χ1v) is 4.84. The van der Waals surface area contributed by atoms with Crippen molar-refractivity contribution >= 4 is 23.3 Å². The number of amides is 1. The van der Waals surface area contributed by atoms with Crippen molar-refractivity contribution in [3.8, 4) is 0 Å². The van der Waals surface area contributed by atoms with E-state index in [1.807, 2.05) is 0 Å². The molecule has 0 bridgehead atoms. The van der Waals surface area contributed by atoms with E-state index in [1.54, 1.807) is 18.2 Å². The van der Waals surface area contributed by atoms with E-state index in [0.29, 0.717) is 10.8 Å². The summed E-state index contributed by atoms with van der Waals surface area (Å²) < 4.78 is 0. The highest BCUT2D eigenvalue weighted by atomic mass is 35.5. The maximum absolute atomic E-state index is 11.7. The highest BCUT2D eigenvalue weighted by molar-refractivity contribution is 6.30. The van der Waals surface area contributed by atoms with E-state index >= 15 is 0 Å². The van der Waals surface area contributed by atoms with Gasteiger partial charge in [-0.2, -0.15) is 5.10 Å². The Balaban J connectivity index is 2.15. The summed E-state index contributed by atoms with van der Waals surface area (Å²) in [4.78, 5) is 15.6. The molecule has 2 heterocycles. The van der Waals surface area contributed by atoms with Gasteiger partial charge in [-0.1, -0.05) is 11.6 Å². The Morgan fingerprint density at radius 3 is 2.88 bits per heavy atom. The zero-order valence-corrected chi connectivity index (χ0v) is 8.85. The summed E-state index contributed by atoms with van der Waals surface area (Å²) in [5.41, 5.74) is 0.234. The summed E-state index contributed by atoms with van der Waals surface area (Å²) in [7, 11) is 0. The van der Waals surface area contributed by atoms with Gasteiger partial charge in [0, 0.05) is 17.4 Å². The van der Waals surface area contributed by atoms with Crippen molar-refractivity contribution in [1.82, 2.24) is 15.2 Å². The van der Waals surface area contributed by atoms with Gasteiger partial charge in [0.25, 0.3) is 5.91 Å². The highest BCUT2D eigenvalue weighted by Gasteiger charge is 2.08. The van der Waals surface area contributed by atoms with Gasteiger partial charge in [-0.05, 0) is 24.3 Å². The summed E-state index contributed by atoms with van der Waals surface area (Å²) in [6, 6.07) is 6.39. The van der Waals surface area contributed by atoms with Crippen molar-refractivity contribution in [2.24, 2.45) is 0 Å². The third kappa shape index (κ3) is 2.52. The molecule has 0 fully saturated rings. The average Bonchev–Trinajstić information content (AvgIpc) is 2.30. The molecule has 0 spiro atoms. The molecule has 0 atom stereocenters. The minimum Gasteiger partial charge on any atom is -0.304 e. The van der Waals surface area contributed by atoms with E-state index in [1.165, 1.54) is 18.5 Å². The van der Waals surface area contributed by atoms with Crippen molar-refractivity contribution in [1.29, 1.82) is 0 Å². The Morgan fingerprint density at radius 2 is 2.19 bits per heavy atom. The number of anilines is 1. The molecule has 0 aliphatic rings. The van der Waals surface area contributed by atoms with Crippen LogP contribution >= 0.6 is 11.6 Å². The topological polar surface area (TPSA) is 67.8 Å². The molecule has 0 aliphatic heterocycles. The fourth-order valence-corrected chi connectivity index (χ4v) is 1.24. The number of hydrogen-bond acceptors (Lipinski definition) is 4. The number of carbonyl (C=O) groups excluding carboxylic acids is 1. The molecule has 0 unspecified atom stereocenters. The molecule has 0 saturated carbocycles. The minimum absolute atomic E-state index is 0.234. The third-order valence-electron chi connectivity index (χ3n) is 1.77. The number of pyridine rings is 1. The quantitative estimate of drug-likeness (QED) is 0.860. The van der Waals surface area contributed by atoms with Crippen molar-refractivity contribution in [3.05, 3.63) is 47.4 Å². The second-order valence-corrected chi connectivity index (χ2v) is 3.36. The minimum atomic E-state index is -0.372. The maximum atomic E-state index is 11.7. The van der Waals surface area contributed by atoms with Crippen molar-refractivity contribution < 1.29 is 4.79 Å². The van der Waals surface area contributed by atoms with Crippen LogP contribution in [0, 0.1) is 0 Å². The number of hydrogen-bond donors (Lipinski definition) is 1. The zero-order chi connectivity index (χ0) is 11.4. The van der Waals surface area contributed by atoms with Gasteiger partial charge in [0.2, 0.25) is 0 Å². The number of halogens is 1. The van der Waals surface area contributed by atoms with E-state index < -0.39 is 0 Å². The molecule has 80 valence electrons. The fraction of sp³-hybridized carbons (Fsp3) is 0. The molecule has 2 rings (SSSR count). The molecule has 5 nitrogen and oxygen atoms in total. The van der Waals surface area contributed by atoms with Gasteiger partial charge in [0.15, 0.2) is 5.82 Å². The van der Waals surface area contributed by atoms with Gasteiger partial charge in [0.1, 0.15) is 5.69 Å². The Bertz CT molecular complexity index is 503. The second kappa shape index (κ2) is 4.67. The fourth-order valence-electron chi connectivity index (χ4n) is 1.08. The van der Waals surface area contributed by atoms with Crippen LogP contribution in [0.5, 0.6) is 0 Å². The summed E-state index contributed by atoms with van der Waals surface area (Å²) >= 11 is 5.74. The number of rotatable bonds is 2. The molecule has 1 amide bonds. The Kier molecular flexibility index (Phi) is 3.07. The van der Waals surface area contributed by atoms with Crippen LogP contribution in [0.15, 0.2) is 36.7 Å². The van der Waals surface area contributed by atoms with Crippen LogP contribution in [0.4, 0.5) is 5.82 Å². The summed E-state index contributed by atoms with van der Waals surface area (Å²) in [6.07, 6.45) is 2.99. The summed E-state index contributed by atoms with van der Waals surface area (Å²) in [5, 5.41) is 10.4. The standard InChI is InChI=1S/C10H7ClN4O/c11-7-3-5-12-8(6-7)10(16)14-9-2-1-4-13-15-9/h1-6H,(H,14,15,16). The maximum Gasteiger partial charge on any atom is 0.275 e. The normalized spacial score (nSPS) is 9.81. The molecule has 2 aromatic heterocycles. The second-order valence-electron chi connectivity index (χ2n) is 2.92. The lowest BCUT2D eigenvalue weighted by molar-refractivity contribution is 0.102. The molecule has 1 N–H and O–H groups in total. The summed E-state index contributed by atoms with van der Waals surface area (Å²) in [5.74, 6) is -0.00252. The SMILES string of the molecule is O=C(Nc1cccnn1)c1cc(Cl)ccn1. The first kappa shape index (κ1) is 10.5. The van der Waals surface area contributed by atoms with Gasteiger partial charge < -0.3 is 5.32 Å². The molecule has 0 aliphatic carbocycles. The lowest BCUT2D eigenvalue weighted by Gasteiger charge is -2.02. The lowest BCUT2D eigenvalue weighted by atomic mass is 10.3. The first-order chi connectivity index (χ1) is 7.75. The number of nitrogens with zero attached hydrogens (tertiary/aromatic N) is 3. The summed E-state index contributed by atoms with van der Waals surface area (Å²) in [6.45, 7) is 0. The monoisotopic (exact) mass is 234 g/mol. The van der Waals surface area contributed by atoms with Crippen LogP contribution in [0.2, 0.25) is 5.02 Å². The van der Waals surface area contributed by atoms with Crippen molar-refractivity contribution in [2.45, 2.75) is 0 Å². The largest absolute Gasteiger partial charge is 0.304 e. The highest BCUT2D eigenvalue weighted by Crippen LogP contribution is 2.09. The molecule has 0 aromatic carbocycles. The predicted octanol–water partition coefficient (Wildman–Crippen LogP) is 1.78. The van der Waals surface area contributed by atoms with E-state index in [0.717, 1.165) is 0 Å². The number of nitrogens with one attached hydrogen (secondary N) is 1. The Hall–Kier alpha value is -2.01. The number of aromatic nitrogens is 3. The van der Waals surface area contributed by atoms with Gasteiger partial charge >= 0.3 is 0 Å². The predicted molar refractivity (Wildman–Crippen MR) is 59.2 cm³/mol. The Morgan fingerprint density at radius 1 is 1.31 bits per heavy atom. The smallest absolute Gasteiger partial charge is 0.275 e. The van der Waals surface area contributed by atoms with Crippen LogP contribution in [0.25, 0.3) is 0 Å². The molecular formula is C10H7ClN4O. The van der Waals surface area contributed by atoms with E-state index in [2.05, 4.69) is 20.5 Å². The van der Waals surface area contributed by atoms with Crippen molar-refractivity contribution in [2.75, 3.05) is 5.32 Å². The third-order valence-corrected chi connectivity index (χ3v) is 2.00. The number of carbonyl (C=O) groups is 1. The van der Waals surface area contributed by atoms with Crippen LogP contribution < -0.4 is 5.32 Å². The van der Waals surface area contributed by atoms with Crippen LogP contribution in [0.3, 0.4) is 0 Å². The molecule has 0 radical (unpaired) electrons. The lowest BCUT2D eigenvalue weighted by Crippen LogP contribution is -2.14. The van der Waals surface area contributed by atoms with Gasteiger partial charge in [0.05, 0.1) is 0 Å². The van der Waals surface area contributed by atoms with E-state index in [9.17, 15) is 4.79 Å². The van der Waals surface area contributed by atoms with Gasteiger partial charge in [-0.3, -0.25) is 9.78 Å². The molecular weight excluding hydrogens is 228 g/mol. The average molecular weight is 235 g/mol. The molecule has 16 heavy (non-hydrogen) atoms. The van der Waals surface area contributed by atoms with E-state index in [4.69, 9.17) is 11.6 Å². The molecule has 0 saturated heterocycles. The van der Waals surface area contributed by atoms with Gasteiger partial charge in [-0.25, -0.2) is 0 Å². The van der Waals surface area contributed by atoms with Crippen molar-refractivity contribution in [3.63, 3.8) is 0 Å². The Labute approximate surface area is 96.5 Å². The van der Waals surface area contributed by atoms with Crippen LogP contribution in [-0.4, -0.2) is 21.1 Å². The zero-order valence-electron chi connectivity index (χ0n) is 8.09.